The Bertz CT molecular complexity index is 604. The number of hydrogen-bond donors (Lipinski definition) is 3. The number of halogens is 1. The highest BCUT2D eigenvalue weighted by Gasteiger charge is 2.03. The van der Waals surface area contributed by atoms with Gasteiger partial charge >= 0.3 is 0 Å². The van der Waals surface area contributed by atoms with Gasteiger partial charge in [0, 0.05) is 22.8 Å². The molecule has 0 fully saturated rings. The normalized spacial score (nSPS) is 10.4. The maximum absolute atomic E-state index is 8.83. The number of aliphatic hydroxyl groups excluding tert-OH is 1. The molecule has 0 unspecified atom stereocenters. The third-order valence-electron chi connectivity index (χ3n) is 2.70. The van der Waals surface area contributed by atoms with Crippen LogP contribution >= 0.6 is 15.9 Å². The van der Waals surface area contributed by atoms with E-state index in [-0.39, 0.29) is 6.61 Å². The lowest BCUT2D eigenvalue weighted by molar-refractivity contribution is 0.311. The van der Waals surface area contributed by atoms with E-state index < -0.39 is 0 Å². The lowest BCUT2D eigenvalue weighted by atomic mass is 10.2. The number of benzene rings is 1. The molecule has 0 saturated heterocycles. The fourth-order valence-corrected chi connectivity index (χ4v) is 2.10. The van der Waals surface area contributed by atoms with E-state index in [1.54, 1.807) is 0 Å². The van der Waals surface area contributed by atoms with Crippen molar-refractivity contribution in [1.29, 1.82) is 0 Å². The van der Waals surface area contributed by atoms with Crippen molar-refractivity contribution in [2.45, 2.75) is 13.8 Å². The highest BCUT2D eigenvalue weighted by molar-refractivity contribution is 9.10. The molecule has 0 aliphatic rings. The smallest absolute Gasteiger partial charge is 0.136 e. The summed E-state index contributed by atoms with van der Waals surface area (Å²) in [5.74, 6) is 2.08. The molecule has 6 heteroatoms. The fraction of sp³-hybridized carbons (Fsp3) is 0.286. The van der Waals surface area contributed by atoms with E-state index in [1.165, 1.54) is 5.56 Å². The number of rotatable bonds is 5. The Labute approximate surface area is 126 Å². The molecular weight excluding hydrogens is 320 g/mol. The van der Waals surface area contributed by atoms with Gasteiger partial charge in [0.25, 0.3) is 0 Å². The molecule has 0 atom stereocenters. The van der Waals surface area contributed by atoms with Crippen molar-refractivity contribution in [2.24, 2.45) is 0 Å². The minimum atomic E-state index is 0.0662. The Kier molecular flexibility index (Phi) is 4.92. The number of aliphatic hydroxyl groups is 1. The third-order valence-corrected chi connectivity index (χ3v) is 3.55. The van der Waals surface area contributed by atoms with E-state index in [2.05, 4.69) is 36.5 Å². The van der Waals surface area contributed by atoms with Crippen LogP contribution < -0.4 is 10.6 Å². The predicted molar refractivity (Wildman–Crippen MR) is 84.5 cm³/mol. The summed E-state index contributed by atoms with van der Waals surface area (Å²) >= 11 is 3.51. The molecule has 2 aromatic rings. The average molecular weight is 337 g/mol. The van der Waals surface area contributed by atoms with E-state index >= 15 is 0 Å². The molecule has 2 rings (SSSR count). The van der Waals surface area contributed by atoms with Crippen LogP contribution in [-0.2, 0) is 0 Å². The average Bonchev–Trinajstić information content (AvgIpc) is 2.40. The van der Waals surface area contributed by atoms with Crippen LogP contribution in [0.2, 0.25) is 0 Å². The van der Waals surface area contributed by atoms with Crippen LogP contribution in [0.1, 0.15) is 11.4 Å². The van der Waals surface area contributed by atoms with Crippen LogP contribution in [0.4, 0.5) is 17.3 Å². The lowest BCUT2D eigenvalue weighted by Crippen LogP contribution is -2.08. The van der Waals surface area contributed by atoms with Gasteiger partial charge in [0.1, 0.15) is 17.5 Å². The molecule has 1 aromatic heterocycles. The minimum Gasteiger partial charge on any atom is -0.395 e. The second-order valence-corrected chi connectivity index (χ2v) is 5.28. The third kappa shape index (κ3) is 3.91. The zero-order chi connectivity index (χ0) is 14.5. The Hall–Kier alpha value is -1.66. The second-order valence-electron chi connectivity index (χ2n) is 4.42. The van der Waals surface area contributed by atoms with E-state index in [4.69, 9.17) is 5.11 Å². The van der Waals surface area contributed by atoms with Gasteiger partial charge in [-0.1, -0.05) is 22.0 Å². The summed E-state index contributed by atoms with van der Waals surface area (Å²) in [5.41, 5.74) is 2.13. The van der Waals surface area contributed by atoms with Gasteiger partial charge in [0.05, 0.1) is 6.61 Å². The summed E-state index contributed by atoms with van der Waals surface area (Å²) < 4.78 is 1.05. The molecule has 106 valence electrons. The van der Waals surface area contributed by atoms with Crippen molar-refractivity contribution in [3.63, 3.8) is 0 Å². The van der Waals surface area contributed by atoms with Crippen LogP contribution in [0, 0.1) is 13.8 Å². The summed E-state index contributed by atoms with van der Waals surface area (Å²) in [5, 5.41) is 15.1. The first-order valence-electron chi connectivity index (χ1n) is 6.32. The van der Waals surface area contributed by atoms with Crippen LogP contribution in [0.3, 0.4) is 0 Å². The predicted octanol–water partition coefficient (Wildman–Crippen LogP) is 3.00. The van der Waals surface area contributed by atoms with Crippen LogP contribution in [-0.4, -0.2) is 28.2 Å². The molecule has 0 aliphatic carbocycles. The first-order chi connectivity index (χ1) is 9.58. The Morgan fingerprint density at radius 3 is 2.60 bits per heavy atom. The van der Waals surface area contributed by atoms with Crippen molar-refractivity contribution in [2.75, 3.05) is 23.8 Å². The van der Waals surface area contributed by atoms with Gasteiger partial charge in [-0.25, -0.2) is 9.97 Å². The molecule has 0 saturated carbocycles. The molecule has 3 N–H and O–H groups in total. The van der Waals surface area contributed by atoms with Gasteiger partial charge in [0.2, 0.25) is 0 Å². The molecule has 0 spiro atoms. The number of aryl methyl sites for hydroxylation is 2. The van der Waals surface area contributed by atoms with E-state index in [1.807, 2.05) is 38.1 Å². The number of hydrogen-bond acceptors (Lipinski definition) is 5. The van der Waals surface area contributed by atoms with Gasteiger partial charge in [-0.15, -0.1) is 0 Å². The minimum absolute atomic E-state index is 0.0662. The molecule has 1 aromatic carbocycles. The fourth-order valence-electron chi connectivity index (χ4n) is 1.72. The van der Waals surface area contributed by atoms with Gasteiger partial charge < -0.3 is 15.7 Å². The first-order valence-corrected chi connectivity index (χ1v) is 7.11. The van der Waals surface area contributed by atoms with Crippen molar-refractivity contribution in [1.82, 2.24) is 9.97 Å². The van der Waals surface area contributed by atoms with Crippen LogP contribution in [0.15, 0.2) is 28.7 Å². The maximum Gasteiger partial charge on any atom is 0.136 e. The van der Waals surface area contributed by atoms with Crippen LogP contribution in [0.5, 0.6) is 0 Å². The molecule has 0 radical (unpaired) electrons. The van der Waals surface area contributed by atoms with Crippen molar-refractivity contribution < 1.29 is 5.11 Å². The summed E-state index contributed by atoms with van der Waals surface area (Å²) in [4.78, 5) is 8.61. The van der Waals surface area contributed by atoms with Gasteiger partial charge in [0.15, 0.2) is 0 Å². The van der Waals surface area contributed by atoms with Gasteiger partial charge in [-0.3, -0.25) is 0 Å². The summed E-state index contributed by atoms with van der Waals surface area (Å²) in [6, 6.07) is 7.85. The van der Waals surface area contributed by atoms with Gasteiger partial charge in [-0.2, -0.15) is 0 Å². The topological polar surface area (TPSA) is 70.1 Å². The Morgan fingerprint density at radius 2 is 1.90 bits per heavy atom. The van der Waals surface area contributed by atoms with Crippen molar-refractivity contribution in [3.8, 4) is 0 Å². The molecule has 1 heterocycles. The quantitative estimate of drug-likeness (QED) is 0.782. The Balaban J connectivity index is 2.19. The number of aromatic nitrogens is 2. The number of nitrogens with zero attached hydrogens (tertiary/aromatic N) is 2. The highest BCUT2D eigenvalue weighted by Crippen LogP contribution is 2.23. The van der Waals surface area contributed by atoms with Crippen LogP contribution in [0.25, 0.3) is 0 Å². The largest absolute Gasteiger partial charge is 0.395 e. The lowest BCUT2D eigenvalue weighted by Gasteiger charge is -2.10. The SMILES string of the molecule is Cc1nc(NCCO)cc(Nc2ccc(C)c(Br)c2)n1. The summed E-state index contributed by atoms with van der Waals surface area (Å²) in [6.07, 6.45) is 0. The van der Waals surface area contributed by atoms with Crippen molar-refractivity contribution >= 4 is 33.3 Å². The zero-order valence-corrected chi connectivity index (χ0v) is 13.0. The standard InChI is InChI=1S/C14H17BrN4O/c1-9-3-4-11(7-12(9)15)19-14-8-13(16-5-6-20)17-10(2)18-14/h3-4,7-8,20H,5-6H2,1-2H3,(H2,16,17,18,19). The van der Waals surface area contributed by atoms with Gasteiger partial charge in [-0.05, 0) is 31.5 Å². The maximum atomic E-state index is 8.83. The first kappa shape index (κ1) is 14.7. The van der Waals surface area contributed by atoms with Crippen molar-refractivity contribution in [3.05, 3.63) is 40.1 Å². The molecule has 0 bridgehead atoms. The monoisotopic (exact) mass is 336 g/mol. The zero-order valence-electron chi connectivity index (χ0n) is 11.4. The molecule has 20 heavy (non-hydrogen) atoms. The van der Waals surface area contributed by atoms with E-state index in [0.717, 1.165) is 10.2 Å². The Morgan fingerprint density at radius 1 is 1.15 bits per heavy atom. The molecule has 0 aliphatic heterocycles. The van der Waals surface area contributed by atoms with E-state index in [9.17, 15) is 0 Å². The van der Waals surface area contributed by atoms with E-state index in [0.29, 0.717) is 24.0 Å². The number of anilines is 3. The molecule has 5 nitrogen and oxygen atoms in total. The molecule has 0 amide bonds. The summed E-state index contributed by atoms with van der Waals surface area (Å²) in [6.45, 7) is 4.41. The molecular formula is C14H17BrN4O. The number of nitrogens with one attached hydrogen (secondary N) is 2. The highest BCUT2D eigenvalue weighted by atomic mass is 79.9. The summed E-state index contributed by atoms with van der Waals surface area (Å²) in [7, 11) is 0. The second kappa shape index (κ2) is 6.67.